The normalized spacial score (nSPS) is 20.6. The van der Waals surface area contributed by atoms with E-state index in [-0.39, 0.29) is 0 Å². The van der Waals surface area contributed by atoms with Crippen molar-refractivity contribution in [1.82, 2.24) is 19.9 Å². The Kier molecular flexibility index (Phi) is 6.72. The quantitative estimate of drug-likeness (QED) is 0.202. The lowest BCUT2D eigenvalue weighted by atomic mass is 9.66. The summed E-state index contributed by atoms with van der Waals surface area (Å²) >= 11 is 0. The lowest BCUT2D eigenvalue weighted by Gasteiger charge is -2.38. The highest BCUT2D eigenvalue weighted by Crippen LogP contribution is 2.51. The van der Waals surface area contributed by atoms with Crippen LogP contribution in [0.5, 0.6) is 0 Å². The molecular weight excluding hydrogens is 550 g/mol. The number of pyridine rings is 1. The van der Waals surface area contributed by atoms with Crippen molar-refractivity contribution in [3.05, 3.63) is 120 Å². The second-order valence-electron chi connectivity index (χ2n) is 13.0. The predicted molar refractivity (Wildman–Crippen MR) is 179 cm³/mol. The summed E-state index contributed by atoms with van der Waals surface area (Å²) in [6.07, 6.45) is 8.72. The fraction of sp³-hybridized carbons (Fsp3) is 0.225. The van der Waals surface area contributed by atoms with Gasteiger partial charge in [-0.1, -0.05) is 86.5 Å². The number of fused-ring (bicyclic) bond motifs is 3. The van der Waals surface area contributed by atoms with Gasteiger partial charge in [0.1, 0.15) is 0 Å². The molecule has 2 fully saturated rings. The first kappa shape index (κ1) is 27.3. The summed E-state index contributed by atoms with van der Waals surface area (Å²) in [5.74, 6) is 3.52. The van der Waals surface area contributed by atoms with E-state index >= 15 is 0 Å². The van der Waals surface area contributed by atoms with Crippen LogP contribution in [0.3, 0.4) is 0 Å². The van der Waals surface area contributed by atoms with Gasteiger partial charge in [-0.3, -0.25) is 4.98 Å². The van der Waals surface area contributed by atoms with Crippen LogP contribution < -0.4 is 0 Å². The van der Waals surface area contributed by atoms with E-state index in [0.29, 0.717) is 28.5 Å². The van der Waals surface area contributed by atoms with E-state index in [1.807, 2.05) is 42.5 Å². The van der Waals surface area contributed by atoms with Gasteiger partial charge < -0.3 is 0 Å². The van der Waals surface area contributed by atoms with Crippen LogP contribution in [0.4, 0.5) is 0 Å². The molecule has 1 unspecified atom stereocenters. The molecule has 2 aliphatic rings. The zero-order valence-electron chi connectivity index (χ0n) is 25.3. The van der Waals surface area contributed by atoms with Crippen molar-refractivity contribution < 1.29 is 0 Å². The summed E-state index contributed by atoms with van der Waals surface area (Å²) in [5.41, 5.74) is 8.18. The number of para-hydroxylation sites is 1. The fourth-order valence-corrected chi connectivity index (χ4v) is 7.75. The first-order valence-electron chi connectivity index (χ1n) is 15.9. The number of nitrogens with zero attached hydrogens (tertiary/aromatic N) is 5. The molecule has 4 aromatic carbocycles. The van der Waals surface area contributed by atoms with Crippen molar-refractivity contribution in [2.45, 2.75) is 44.4 Å². The number of hydrogen-bond donors (Lipinski definition) is 0. The third-order valence-electron chi connectivity index (χ3n) is 9.97. The SMILES string of the molecule is CC1(c2ccc(-c3ccc(-c4nc(-c5ccc(C#N)cc5)nc(-c5cccc6cccnc56)n4)cc3)cc2)C[C@@H]2CC[C@@H](C2)C1. The van der Waals surface area contributed by atoms with Crippen LogP contribution in [0.2, 0.25) is 0 Å². The molecule has 3 atom stereocenters. The molecule has 0 spiro atoms. The molecule has 2 heterocycles. The molecule has 45 heavy (non-hydrogen) atoms. The van der Waals surface area contributed by atoms with Gasteiger partial charge in [0.25, 0.3) is 0 Å². The Labute approximate surface area is 263 Å². The van der Waals surface area contributed by atoms with Gasteiger partial charge in [0.2, 0.25) is 0 Å². The topological polar surface area (TPSA) is 75.3 Å². The van der Waals surface area contributed by atoms with E-state index in [9.17, 15) is 5.26 Å². The maximum Gasteiger partial charge on any atom is 0.166 e. The highest BCUT2D eigenvalue weighted by atomic mass is 15.0. The lowest BCUT2D eigenvalue weighted by Crippen LogP contribution is -2.30. The third-order valence-corrected chi connectivity index (χ3v) is 9.97. The summed E-state index contributed by atoms with van der Waals surface area (Å²) in [6.45, 7) is 2.48. The maximum atomic E-state index is 9.30. The molecule has 2 aromatic heterocycles. The van der Waals surface area contributed by atoms with Crippen LogP contribution in [0.1, 0.15) is 50.2 Å². The van der Waals surface area contributed by atoms with Gasteiger partial charge in [-0.15, -0.1) is 0 Å². The first-order valence-corrected chi connectivity index (χ1v) is 15.9. The molecule has 8 rings (SSSR count). The van der Waals surface area contributed by atoms with Crippen LogP contribution in [0.15, 0.2) is 109 Å². The van der Waals surface area contributed by atoms with E-state index in [1.54, 1.807) is 18.3 Å². The van der Waals surface area contributed by atoms with Crippen molar-refractivity contribution >= 4 is 10.9 Å². The number of benzene rings is 4. The fourth-order valence-electron chi connectivity index (χ4n) is 7.75. The summed E-state index contributed by atoms with van der Waals surface area (Å²) in [6, 6.07) is 37.3. The molecule has 5 nitrogen and oxygen atoms in total. The Balaban J connectivity index is 1.14. The third kappa shape index (κ3) is 5.17. The zero-order chi connectivity index (χ0) is 30.4. The van der Waals surface area contributed by atoms with Crippen molar-refractivity contribution in [3.63, 3.8) is 0 Å². The number of nitriles is 1. The van der Waals surface area contributed by atoms with Crippen molar-refractivity contribution in [1.29, 1.82) is 5.26 Å². The number of aromatic nitrogens is 4. The second kappa shape index (κ2) is 11.1. The highest BCUT2D eigenvalue weighted by molar-refractivity contribution is 5.92. The summed E-state index contributed by atoms with van der Waals surface area (Å²) in [4.78, 5) is 19.4. The Bertz CT molecular complexity index is 2040. The van der Waals surface area contributed by atoms with Gasteiger partial charge in [0.05, 0.1) is 17.1 Å². The Morgan fingerprint density at radius 3 is 1.84 bits per heavy atom. The minimum atomic E-state index is 0.301. The monoisotopic (exact) mass is 583 g/mol. The molecule has 2 bridgehead atoms. The van der Waals surface area contributed by atoms with Crippen molar-refractivity contribution in [2.24, 2.45) is 11.8 Å². The van der Waals surface area contributed by atoms with E-state index < -0.39 is 0 Å². The van der Waals surface area contributed by atoms with Crippen LogP contribution in [0.25, 0.3) is 56.2 Å². The van der Waals surface area contributed by atoms with Gasteiger partial charge in [-0.05, 0) is 89.6 Å². The lowest BCUT2D eigenvalue weighted by molar-refractivity contribution is 0.232. The molecular formula is C40H33N5. The van der Waals surface area contributed by atoms with Gasteiger partial charge in [-0.25, -0.2) is 15.0 Å². The zero-order valence-corrected chi connectivity index (χ0v) is 25.3. The van der Waals surface area contributed by atoms with Crippen molar-refractivity contribution in [3.8, 4) is 51.4 Å². The van der Waals surface area contributed by atoms with Crippen molar-refractivity contribution in [2.75, 3.05) is 0 Å². The van der Waals surface area contributed by atoms with Gasteiger partial charge in [-0.2, -0.15) is 5.26 Å². The van der Waals surface area contributed by atoms with Crippen LogP contribution in [-0.2, 0) is 5.41 Å². The summed E-state index contributed by atoms with van der Waals surface area (Å²) in [7, 11) is 0. The van der Waals surface area contributed by atoms with Gasteiger partial charge >= 0.3 is 0 Å². The number of rotatable bonds is 5. The Morgan fingerprint density at radius 2 is 1.20 bits per heavy atom. The summed E-state index contributed by atoms with van der Waals surface area (Å²) < 4.78 is 0. The molecule has 0 N–H and O–H groups in total. The summed E-state index contributed by atoms with van der Waals surface area (Å²) in [5, 5.41) is 10.3. The molecule has 6 aromatic rings. The maximum absolute atomic E-state index is 9.30. The number of hydrogen-bond acceptors (Lipinski definition) is 5. The molecule has 2 aliphatic carbocycles. The van der Waals surface area contributed by atoms with Crippen LogP contribution in [-0.4, -0.2) is 19.9 Å². The largest absolute Gasteiger partial charge is 0.255 e. The van der Waals surface area contributed by atoms with E-state index in [2.05, 4.69) is 66.5 Å². The minimum Gasteiger partial charge on any atom is -0.255 e. The van der Waals surface area contributed by atoms with Gasteiger partial charge in [0, 0.05) is 28.3 Å². The van der Waals surface area contributed by atoms with Gasteiger partial charge in [0.15, 0.2) is 17.5 Å². The average Bonchev–Trinajstić information content (AvgIpc) is 3.46. The molecule has 5 heteroatoms. The van der Waals surface area contributed by atoms with E-state index in [1.165, 1.54) is 48.8 Å². The second-order valence-corrected chi connectivity index (χ2v) is 13.0. The van der Waals surface area contributed by atoms with Crippen LogP contribution in [0, 0.1) is 23.2 Å². The van der Waals surface area contributed by atoms with E-state index in [0.717, 1.165) is 39.4 Å². The Morgan fingerprint density at radius 1 is 0.644 bits per heavy atom. The average molecular weight is 584 g/mol. The molecule has 2 saturated carbocycles. The van der Waals surface area contributed by atoms with E-state index in [4.69, 9.17) is 15.0 Å². The first-order chi connectivity index (χ1) is 22.0. The molecule has 0 aliphatic heterocycles. The highest BCUT2D eigenvalue weighted by Gasteiger charge is 2.41. The molecule has 218 valence electrons. The Hall–Kier alpha value is -5.21. The smallest absolute Gasteiger partial charge is 0.166 e. The molecule has 0 saturated heterocycles. The molecule has 0 amide bonds. The molecule has 0 radical (unpaired) electrons. The van der Waals surface area contributed by atoms with Crippen LogP contribution >= 0.6 is 0 Å². The predicted octanol–water partition coefficient (Wildman–Crippen LogP) is 9.43. The minimum absolute atomic E-state index is 0.301. The standard InChI is InChI=1S/C40H33N5/c1-40(23-27-7-8-28(22-27)24-40)34-19-17-30(18-20-34)29-13-15-33(16-14-29)38-43-37(32-11-9-26(25-41)10-12-32)44-39(45-38)35-6-2-4-31-5-3-21-42-36(31)35/h2-6,9-21,27-28H,7-8,22-24H2,1H3/t27-,28+,40?.